The Labute approximate surface area is 104 Å². The fraction of sp³-hybridized carbons (Fsp3) is 0.250. The molecule has 18 heavy (non-hydrogen) atoms. The molecule has 0 fully saturated rings. The molecule has 0 radical (unpaired) electrons. The van der Waals surface area contributed by atoms with Gasteiger partial charge in [0.15, 0.2) is 0 Å². The van der Waals surface area contributed by atoms with Crippen LogP contribution in [0.4, 0.5) is 4.79 Å². The molecule has 3 N–H and O–H groups in total. The van der Waals surface area contributed by atoms with Gasteiger partial charge < -0.3 is 20.6 Å². The van der Waals surface area contributed by atoms with Crippen LogP contribution in [0.15, 0.2) is 30.3 Å². The molecule has 1 aromatic rings. The van der Waals surface area contributed by atoms with Crippen LogP contribution in [0.5, 0.6) is 0 Å². The van der Waals surface area contributed by atoms with Crippen LogP contribution in [0.25, 0.3) is 0 Å². The summed E-state index contributed by atoms with van der Waals surface area (Å²) >= 11 is 0. The molecule has 1 aromatic carbocycles. The fourth-order valence-electron chi connectivity index (χ4n) is 1.27. The zero-order valence-electron chi connectivity index (χ0n) is 9.67. The minimum atomic E-state index is -0.953. The second kappa shape index (κ2) is 7.05. The van der Waals surface area contributed by atoms with E-state index in [0.717, 1.165) is 5.56 Å². The van der Waals surface area contributed by atoms with E-state index in [1.807, 2.05) is 18.2 Å². The van der Waals surface area contributed by atoms with Gasteiger partial charge in [-0.15, -0.1) is 0 Å². The van der Waals surface area contributed by atoms with Crippen LogP contribution in [0.3, 0.4) is 0 Å². The Kier molecular flexibility index (Phi) is 5.37. The Hall–Kier alpha value is -2.37. The minimum Gasteiger partial charge on any atom is -0.445 e. The van der Waals surface area contributed by atoms with Crippen molar-refractivity contribution in [2.24, 2.45) is 5.73 Å². The minimum absolute atomic E-state index is 0.0921. The lowest BCUT2D eigenvalue weighted by Gasteiger charge is -2.11. The number of carbonyl (C=O) groups excluding carboxylic acids is 3. The lowest BCUT2D eigenvalue weighted by molar-refractivity contribution is -0.120. The van der Waals surface area contributed by atoms with E-state index in [1.54, 1.807) is 12.1 Å². The second-order valence-electron chi connectivity index (χ2n) is 3.62. The Morgan fingerprint density at radius 1 is 1.33 bits per heavy atom. The second-order valence-corrected chi connectivity index (χ2v) is 3.62. The van der Waals surface area contributed by atoms with Crippen molar-refractivity contribution in [1.29, 1.82) is 0 Å². The molecule has 96 valence electrons. The van der Waals surface area contributed by atoms with Crippen LogP contribution in [-0.4, -0.2) is 24.3 Å². The number of amides is 2. The van der Waals surface area contributed by atoms with E-state index in [2.05, 4.69) is 5.32 Å². The van der Waals surface area contributed by atoms with Gasteiger partial charge in [0.05, 0.1) is 12.5 Å². The molecule has 0 aliphatic rings. The summed E-state index contributed by atoms with van der Waals surface area (Å²) in [6, 6.07) is 8.13. The highest BCUT2D eigenvalue weighted by Crippen LogP contribution is 2.00. The average Bonchev–Trinajstić information content (AvgIpc) is 2.36. The van der Waals surface area contributed by atoms with E-state index in [1.165, 1.54) is 0 Å². The maximum absolute atomic E-state index is 11.3. The maximum Gasteiger partial charge on any atom is 0.408 e. The summed E-state index contributed by atoms with van der Waals surface area (Å²) in [6.07, 6.45) is -0.574. The summed E-state index contributed by atoms with van der Waals surface area (Å²) in [4.78, 5) is 32.5. The summed E-state index contributed by atoms with van der Waals surface area (Å²) in [5, 5.41) is 2.24. The van der Waals surface area contributed by atoms with E-state index in [-0.39, 0.29) is 13.0 Å². The van der Waals surface area contributed by atoms with Gasteiger partial charge in [0.25, 0.3) is 0 Å². The Balaban J connectivity index is 2.37. The lowest BCUT2D eigenvalue weighted by Crippen LogP contribution is -2.39. The van der Waals surface area contributed by atoms with Crippen molar-refractivity contribution in [2.45, 2.75) is 19.1 Å². The van der Waals surface area contributed by atoms with Crippen LogP contribution in [0.2, 0.25) is 0 Å². The molecule has 2 amide bonds. The highest BCUT2D eigenvalue weighted by Gasteiger charge is 2.14. The predicted molar refractivity (Wildman–Crippen MR) is 63.4 cm³/mol. The molecule has 0 bridgehead atoms. The monoisotopic (exact) mass is 250 g/mol. The molecule has 0 unspecified atom stereocenters. The smallest absolute Gasteiger partial charge is 0.408 e. The first kappa shape index (κ1) is 13.7. The molecule has 6 heteroatoms. The van der Waals surface area contributed by atoms with Gasteiger partial charge in [0.2, 0.25) is 5.91 Å². The first-order valence-corrected chi connectivity index (χ1v) is 5.32. The van der Waals surface area contributed by atoms with Gasteiger partial charge in [-0.25, -0.2) is 4.79 Å². The standard InChI is InChI=1S/C12H14N2O4/c13-11(16)6-10(7-15)14-12(17)18-8-9-4-2-1-3-5-9/h1-5,7,10H,6,8H2,(H2,13,16)(H,14,17)/t10-/m0/s1. The first-order valence-electron chi connectivity index (χ1n) is 5.32. The largest absolute Gasteiger partial charge is 0.445 e. The SMILES string of the molecule is NC(=O)C[C@@H](C=O)NC(=O)OCc1ccccc1. The van der Waals surface area contributed by atoms with Gasteiger partial charge in [-0.2, -0.15) is 0 Å². The van der Waals surface area contributed by atoms with Crippen LogP contribution in [-0.2, 0) is 20.9 Å². The van der Waals surface area contributed by atoms with E-state index in [0.29, 0.717) is 6.29 Å². The van der Waals surface area contributed by atoms with Gasteiger partial charge in [-0.05, 0) is 5.56 Å². The number of alkyl carbamates (subject to hydrolysis) is 1. The number of rotatable bonds is 6. The maximum atomic E-state index is 11.3. The zero-order chi connectivity index (χ0) is 13.4. The van der Waals surface area contributed by atoms with Crippen molar-refractivity contribution < 1.29 is 19.1 Å². The normalized spacial score (nSPS) is 11.3. The number of hydrogen-bond donors (Lipinski definition) is 2. The van der Waals surface area contributed by atoms with Gasteiger partial charge in [0.1, 0.15) is 12.9 Å². The molecule has 0 aliphatic heterocycles. The number of carbonyl (C=O) groups is 3. The van der Waals surface area contributed by atoms with Gasteiger partial charge >= 0.3 is 6.09 Å². The van der Waals surface area contributed by atoms with E-state index in [4.69, 9.17) is 10.5 Å². The summed E-state index contributed by atoms with van der Waals surface area (Å²) in [5.41, 5.74) is 5.74. The Bertz CT molecular complexity index is 419. The molecule has 1 atom stereocenters. The molecule has 0 spiro atoms. The number of benzene rings is 1. The van der Waals surface area contributed by atoms with Crippen molar-refractivity contribution in [3.05, 3.63) is 35.9 Å². The third-order valence-electron chi connectivity index (χ3n) is 2.10. The molecular formula is C12H14N2O4. The van der Waals surface area contributed by atoms with Crippen molar-refractivity contribution in [3.8, 4) is 0 Å². The van der Waals surface area contributed by atoms with Gasteiger partial charge in [0, 0.05) is 0 Å². The van der Waals surface area contributed by atoms with E-state index < -0.39 is 18.0 Å². The third kappa shape index (κ3) is 5.11. The number of primary amides is 1. The fourth-order valence-corrected chi connectivity index (χ4v) is 1.27. The Morgan fingerprint density at radius 2 is 2.00 bits per heavy atom. The van der Waals surface area contributed by atoms with Crippen molar-refractivity contribution in [2.75, 3.05) is 0 Å². The van der Waals surface area contributed by atoms with Crippen molar-refractivity contribution >= 4 is 18.3 Å². The van der Waals surface area contributed by atoms with Gasteiger partial charge in [-0.3, -0.25) is 4.79 Å². The van der Waals surface area contributed by atoms with Crippen LogP contribution < -0.4 is 11.1 Å². The number of nitrogens with one attached hydrogen (secondary N) is 1. The molecule has 1 rings (SSSR count). The first-order chi connectivity index (χ1) is 8.61. The van der Waals surface area contributed by atoms with E-state index >= 15 is 0 Å². The summed E-state index contributed by atoms with van der Waals surface area (Å²) in [7, 11) is 0. The number of hydrogen-bond acceptors (Lipinski definition) is 4. The lowest BCUT2D eigenvalue weighted by atomic mass is 10.2. The third-order valence-corrected chi connectivity index (χ3v) is 2.10. The van der Waals surface area contributed by atoms with Crippen molar-refractivity contribution in [3.63, 3.8) is 0 Å². The molecule has 0 aromatic heterocycles. The van der Waals surface area contributed by atoms with Crippen molar-refractivity contribution in [1.82, 2.24) is 5.32 Å². The molecular weight excluding hydrogens is 236 g/mol. The summed E-state index contributed by atoms with van der Waals surface area (Å²) in [6.45, 7) is 0.0921. The molecule has 0 aliphatic carbocycles. The number of aldehydes is 1. The molecule has 0 saturated heterocycles. The van der Waals surface area contributed by atoms with Crippen LogP contribution in [0.1, 0.15) is 12.0 Å². The Morgan fingerprint density at radius 3 is 2.56 bits per heavy atom. The topological polar surface area (TPSA) is 98.5 Å². The quantitative estimate of drug-likeness (QED) is 0.712. The van der Waals surface area contributed by atoms with Crippen LogP contribution >= 0.6 is 0 Å². The average molecular weight is 250 g/mol. The van der Waals surface area contributed by atoms with E-state index in [9.17, 15) is 14.4 Å². The molecule has 0 heterocycles. The highest BCUT2D eigenvalue weighted by atomic mass is 16.5. The molecule has 0 saturated carbocycles. The number of nitrogens with two attached hydrogens (primary N) is 1. The molecule has 6 nitrogen and oxygen atoms in total. The predicted octanol–water partition coefficient (Wildman–Crippen LogP) is 0.356. The zero-order valence-corrected chi connectivity index (χ0v) is 9.67. The van der Waals surface area contributed by atoms with Crippen LogP contribution in [0, 0.1) is 0 Å². The number of ether oxygens (including phenoxy) is 1. The summed E-state index contributed by atoms with van der Waals surface area (Å²) < 4.78 is 4.88. The highest BCUT2D eigenvalue weighted by molar-refractivity contribution is 5.81. The summed E-state index contributed by atoms with van der Waals surface area (Å²) in [5.74, 6) is -0.671. The van der Waals surface area contributed by atoms with Gasteiger partial charge in [-0.1, -0.05) is 30.3 Å².